The van der Waals surface area contributed by atoms with Gasteiger partial charge in [0.15, 0.2) is 0 Å². The molecule has 0 aliphatic heterocycles. The van der Waals surface area contributed by atoms with Crippen molar-refractivity contribution in [3.05, 3.63) is 35.9 Å². The Morgan fingerprint density at radius 1 is 1.09 bits per heavy atom. The molecule has 0 atom stereocenters. The van der Waals surface area contributed by atoms with E-state index in [0.717, 1.165) is 31.2 Å². The van der Waals surface area contributed by atoms with E-state index in [2.05, 4.69) is 10.6 Å². The number of rotatable bonds is 6. The molecule has 1 aliphatic rings. The zero-order valence-corrected chi connectivity index (χ0v) is 13.5. The maximum atomic E-state index is 12.0. The molecule has 22 heavy (non-hydrogen) atoms. The molecule has 5 nitrogen and oxygen atoms in total. The van der Waals surface area contributed by atoms with Gasteiger partial charge in [-0.3, -0.25) is 9.59 Å². The maximum absolute atomic E-state index is 12.0. The van der Waals surface area contributed by atoms with E-state index in [4.69, 9.17) is 5.73 Å². The monoisotopic (exact) mass is 325 g/mol. The molecule has 4 N–H and O–H groups in total. The van der Waals surface area contributed by atoms with Crippen molar-refractivity contribution >= 4 is 24.2 Å². The molecule has 1 saturated carbocycles. The molecule has 0 radical (unpaired) electrons. The van der Waals surface area contributed by atoms with Gasteiger partial charge in [-0.15, -0.1) is 12.4 Å². The summed E-state index contributed by atoms with van der Waals surface area (Å²) in [6, 6.07) is 9.72. The third-order valence-electron chi connectivity index (χ3n) is 3.92. The Hall–Kier alpha value is -1.59. The second-order valence-electron chi connectivity index (χ2n) is 5.63. The van der Waals surface area contributed by atoms with Gasteiger partial charge in [0.05, 0.1) is 5.54 Å². The minimum atomic E-state index is -0.722. The zero-order chi connectivity index (χ0) is 15.1. The van der Waals surface area contributed by atoms with Crippen molar-refractivity contribution in [2.45, 2.75) is 44.2 Å². The molecule has 0 heterocycles. The highest BCUT2D eigenvalue weighted by molar-refractivity contribution is 5.87. The van der Waals surface area contributed by atoms with Gasteiger partial charge >= 0.3 is 0 Å². The van der Waals surface area contributed by atoms with Gasteiger partial charge in [0, 0.05) is 19.5 Å². The molecule has 1 fully saturated rings. The van der Waals surface area contributed by atoms with E-state index in [9.17, 15) is 9.59 Å². The average Bonchev–Trinajstić information content (AvgIpc) is 2.94. The lowest BCUT2D eigenvalue weighted by Gasteiger charge is -2.22. The van der Waals surface area contributed by atoms with Crippen molar-refractivity contribution in [3.8, 4) is 0 Å². The molecule has 2 amide bonds. The number of carbonyl (C=O) groups is 2. The maximum Gasteiger partial charge on any atom is 0.240 e. The molecule has 0 aromatic heterocycles. The highest BCUT2D eigenvalue weighted by atomic mass is 35.5. The average molecular weight is 326 g/mol. The molecule has 1 aromatic carbocycles. The summed E-state index contributed by atoms with van der Waals surface area (Å²) in [5, 5.41) is 5.60. The van der Waals surface area contributed by atoms with Crippen LogP contribution in [0.5, 0.6) is 0 Å². The first-order valence-corrected chi connectivity index (χ1v) is 7.48. The number of hydrogen-bond donors (Lipinski definition) is 3. The number of halogens is 1. The Morgan fingerprint density at radius 2 is 1.73 bits per heavy atom. The van der Waals surface area contributed by atoms with Crippen molar-refractivity contribution in [1.82, 2.24) is 10.6 Å². The highest BCUT2D eigenvalue weighted by Gasteiger charge is 2.36. The van der Waals surface area contributed by atoms with Gasteiger partial charge in [-0.25, -0.2) is 0 Å². The Kier molecular flexibility index (Phi) is 7.35. The number of carbonyl (C=O) groups excluding carboxylic acids is 2. The normalized spacial score (nSPS) is 15.7. The van der Waals surface area contributed by atoms with E-state index in [0.29, 0.717) is 13.1 Å². The second-order valence-corrected chi connectivity index (χ2v) is 5.63. The Morgan fingerprint density at radius 3 is 2.36 bits per heavy atom. The Balaban J connectivity index is 0.00000242. The van der Waals surface area contributed by atoms with Crippen LogP contribution in [0.2, 0.25) is 0 Å². The van der Waals surface area contributed by atoms with Crippen LogP contribution in [0.1, 0.15) is 37.7 Å². The third-order valence-corrected chi connectivity index (χ3v) is 3.92. The fraction of sp³-hybridized carbons (Fsp3) is 0.500. The number of benzene rings is 1. The summed E-state index contributed by atoms with van der Waals surface area (Å²) in [4.78, 5) is 23.7. The highest BCUT2D eigenvalue weighted by Crippen LogP contribution is 2.27. The molecule has 6 heteroatoms. The van der Waals surface area contributed by atoms with E-state index < -0.39 is 5.54 Å². The van der Waals surface area contributed by atoms with Gasteiger partial charge < -0.3 is 16.4 Å². The quantitative estimate of drug-likeness (QED) is 0.741. The summed E-state index contributed by atoms with van der Waals surface area (Å²) >= 11 is 0. The molecular weight excluding hydrogens is 302 g/mol. The van der Waals surface area contributed by atoms with Crippen LogP contribution in [-0.2, 0) is 16.1 Å². The molecule has 0 bridgehead atoms. The standard InChI is InChI=1S/C16H23N3O2.ClH/c17-16(9-4-5-10-16)15(21)18-11-8-14(20)19-12-13-6-2-1-3-7-13;/h1-3,6-7H,4-5,8-12,17H2,(H,18,21)(H,19,20);1H. The first kappa shape index (κ1) is 18.5. The van der Waals surface area contributed by atoms with Gasteiger partial charge in [-0.05, 0) is 18.4 Å². The number of amides is 2. The molecule has 2 rings (SSSR count). The van der Waals surface area contributed by atoms with E-state index in [1.54, 1.807) is 0 Å². The van der Waals surface area contributed by atoms with E-state index in [-0.39, 0.29) is 30.6 Å². The first-order valence-electron chi connectivity index (χ1n) is 7.48. The lowest BCUT2D eigenvalue weighted by Crippen LogP contribution is -2.52. The van der Waals surface area contributed by atoms with Gasteiger partial charge in [0.2, 0.25) is 11.8 Å². The SMILES string of the molecule is Cl.NC1(C(=O)NCCC(=O)NCc2ccccc2)CCCC1. The van der Waals surface area contributed by atoms with Crippen LogP contribution in [0, 0.1) is 0 Å². The summed E-state index contributed by atoms with van der Waals surface area (Å²) < 4.78 is 0. The smallest absolute Gasteiger partial charge is 0.240 e. The third kappa shape index (κ3) is 5.31. The van der Waals surface area contributed by atoms with Gasteiger partial charge in [-0.2, -0.15) is 0 Å². The molecule has 0 saturated heterocycles. The largest absolute Gasteiger partial charge is 0.354 e. The lowest BCUT2D eigenvalue weighted by molar-refractivity contribution is -0.126. The van der Waals surface area contributed by atoms with Crippen LogP contribution in [-0.4, -0.2) is 23.9 Å². The molecule has 1 aromatic rings. The number of hydrogen-bond acceptors (Lipinski definition) is 3. The minimum absolute atomic E-state index is 0. The molecule has 0 unspecified atom stereocenters. The zero-order valence-electron chi connectivity index (χ0n) is 12.6. The Labute approximate surface area is 137 Å². The van der Waals surface area contributed by atoms with Gasteiger partial charge in [-0.1, -0.05) is 43.2 Å². The second kappa shape index (κ2) is 8.76. The van der Waals surface area contributed by atoms with Gasteiger partial charge in [0.25, 0.3) is 0 Å². The summed E-state index contributed by atoms with van der Waals surface area (Å²) in [5.41, 5.74) is 6.38. The van der Waals surface area contributed by atoms with Crippen LogP contribution in [0.4, 0.5) is 0 Å². The number of nitrogens with one attached hydrogen (secondary N) is 2. The fourth-order valence-corrected chi connectivity index (χ4v) is 2.58. The van der Waals surface area contributed by atoms with Crippen molar-refractivity contribution < 1.29 is 9.59 Å². The Bertz CT molecular complexity index is 487. The van der Waals surface area contributed by atoms with Crippen molar-refractivity contribution in [3.63, 3.8) is 0 Å². The summed E-state index contributed by atoms with van der Waals surface area (Å²) in [7, 11) is 0. The van der Waals surface area contributed by atoms with Crippen molar-refractivity contribution in [2.24, 2.45) is 5.73 Å². The topological polar surface area (TPSA) is 84.2 Å². The molecule has 122 valence electrons. The molecule has 0 spiro atoms. The summed E-state index contributed by atoms with van der Waals surface area (Å²) in [5.74, 6) is -0.201. The number of nitrogens with two attached hydrogens (primary N) is 1. The minimum Gasteiger partial charge on any atom is -0.354 e. The van der Waals surface area contributed by atoms with E-state index in [1.807, 2.05) is 30.3 Å². The van der Waals surface area contributed by atoms with E-state index in [1.165, 1.54) is 0 Å². The van der Waals surface area contributed by atoms with Crippen LogP contribution in [0.15, 0.2) is 30.3 Å². The first-order chi connectivity index (χ1) is 10.1. The lowest BCUT2D eigenvalue weighted by atomic mass is 9.98. The predicted octanol–water partition coefficient (Wildman–Crippen LogP) is 1.50. The summed E-state index contributed by atoms with van der Waals surface area (Å²) in [6.07, 6.45) is 3.75. The van der Waals surface area contributed by atoms with Crippen molar-refractivity contribution in [2.75, 3.05) is 6.54 Å². The van der Waals surface area contributed by atoms with Crippen molar-refractivity contribution in [1.29, 1.82) is 0 Å². The van der Waals surface area contributed by atoms with Gasteiger partial charge in [0.1, 0.15) is 0 Å². The molecular formula is C16H24ClN3O2. The van der Waals surface area contributed by atoms with Crippen LogP contribution >= 0.6 is 12.4 Å². The van der Waals surface area contributed by atoms with Crippen LogP contribution in [0.3, 0.4) is 0 Å². The van der Waals surface area contributed by atoms with Crippen LogP contribution in [0.25, 0.3) is 0 Å². The van der Waals surface area contributed by atoms with Crippen LogP contribution < -0.4 is 16.4 Å². The summed E-state index contributed by atoms with van der Waals surface area (Å²) in [6.45, 7) is 0.840. The fourth-order valence-electron chi connectivity index (χ4n) is 2.58. The van der Waals surface area contributed by atoms with E-state index >= 15 is 0 Å². The predicted molar refractivity (Wildman–Crippen MR) is 88.5 cm³/mol. The molecule has 1 aliphatic carbocycles.